The molecule has 0 radical (unpaired) electrons. The van der Waals surface area contributed by atoms with Gasteiger partial charge in [-0.25, -0.2) is 0 Å². The molecule has 1 heterocycles. The first kappa shape index (κ1) is 24.9. The number of hydrogen-bond donors (Lipinski definition) is 0. The molecule has 1 nitrogen and oxygen atoms in total. The number of hydrogen-bond acceptors (Lipinski definition) is 1. The van der Waals surface area contributed by atoms with Crippen molar-refractivity contribution in [2.24, 2.45) is 0 Å². The smallest absolute Gasteiger partial charge is 0.136 e. The van der Waals surface area contributed by atoms with Gasteiger partial charge in [0.25, 0.3) is 0 Å². The minimum absolute atomic E-state index is 0.917. The number of furan rings is 1. The first-order chi connectivity index (χ1) is 21.8. The van der Waals surface area contributed by atoms with E-state index in [1.165, 1.54) is 65.7 Å². The minimum atomic E-state index is 0.917. The highest BCUT2D eigenvalue weighted by molar-refractivity contribution is 6.22. The van der Waals surface area contributed by atoms with Gasteiger partial charge in [-0.3, -0.25) is 0 Å². The van der Waals surface area contributed by atoms with Crippen molar-refractivity contribution < 1.29 is 4.42 Å². The first-order valence-electron chi connectivity index (χ1n) is 15.2. The maximum absolute atomic E-state index is 6.35. The molecule has 0 saturated carbocycles. The normalized spacial score (nSPS) is 11.7. The van der Waals surface area contributed by atoms with E-state index in [4.69, 9.17) is 4.42 Å². The third-order valence-corrected chi connectivity index (χ3v) is 9.05. The van der Waals surface area contributed by atoms with Crippen LogP contribution >= 0.6 is 0 Å². The van der Waals surface area contributed by atoms with Gasteiger partial charge in [0.05, 0.1) is 0 Å². The molecule has 0 N–H and O–H groups in total. The summed E-state index contributed by atoms with van der Waals surface area (Å²) in [6, 6.07) is 57.1. The molecule has 9 aromatic rings. The zero-order valence-corrected chi connectivity index (χ0v) is 24.1. The summed E-state index contributed by atoms with van der Waals surface area (Å²) >= 11 is 0. The zero-order chi connectivity index (χ0) is 29.0. The molecule has 0 atom stereocenters. The number of rotatable bonds is 4. The topological polar surface area (TPSA) is 13.1 Å². The average molecular weight is 561 g/mol. The third kappa shape index (κ3) is 4.01. The van der Waals surface area contributed by atoms with Crippen molar-refractivity contribution in [1.82, 2.24) is 0 Å². The Morgan fingerprint density at radius 1 is 0.341 bits per heavy atom. The molecule has 0 spiro atoms. The molecule has 0 saturated heterocycles. The van der Waals surface area contributed by atoms with E-state index in [-0.39, 0.29) is 0 Å². The predicted molar refractivity (Wildman–Crippen MR) is 186 cm³/mol. The summed E-state index contributed by atoms with van der Waals surface area (Å²) in [6.07, 6.45) is 0.933. The van der Waals surface area contributed by atoms with Crippen LogP contribution in [0.25, 0.3) is 76.5 Å². The Morgan fingerprint density at radius 2 is 0.841 bits per heavy atom. The van der Waals surface area contributed by atoms with E-state index in [2.05, 4.69) is 158 Å². The van der Waals surface area contributed by atoms with Gasteiger partial charge in [-0.15, -0.1) is 0 Å². The predicted octanol–water partition coefficient (Wildman–Crippen LogP) is 12.0. The molecule has 0 fully saturated rings. The lowest BCUT2D eigenvalue weighted by Gasteiger charge is -2.18. The Labute approximate surface area is 255 Å². The quantitative estimate of drug-likeness (QED) is 0.195. The molecule has 0 aliphatic rings. The summed E-state index contributed by atoms with van der Waals surface area (Å²) in [7, 11) is 0. The summed E-state index contributed by atoms with van der Waals surface area (Å²) in [4.78, 5) is 0. The molecule has 206 valence electrons. The van der Waals surface area contributed by atoms with Crippen molar-refractivity contribution >= 4 is 54.3 Å². The van der Waals surface area contributed by atoms with Crippen molar-refractivity contribution in [3.8, 4) is 22.3 Å². The highest BCUT2D eigenvalue weighted by atomic mass is 16.3. The van der Waals surface area contributed by atoms with E-state index in [1.807, 2.05) is 0 Å². The van der Waals surface area contributed by atoms with Gasteiger partial charge in [-0.05, 0) is 96.4 Å². The number of benzene rings is 8. The van der Waals surface area contributed by atoms with Crippen LogP contribution in [-0.4, -0.2) is 0 Å². The Kier molecular flexibility index (Phi) is 5.64. The first-order valence-corrected chi connectivity index (χ1v) is 15.2. The van der Waals surface area contributed by atoms with Crippen LogP contribution in [0.4, 0.5) is 0 Å². The SMILES string of the molecule is c1ccc(Cc2ccc(-c3c4ccccc4c(-c4ccc5oc6cc7ccccc7cc6c5c4)c4ccccc34)cc2)cc1. The summed E-state index contributed by atoms with van der Waals surface area (Å²) in [5.41, 5.74) is 9.48. The third-order valence-electron chi connectivity index (χ3n) is 9.05. The Morgan fingerprint density at radius 3 is 1.50 bits per heavy atom. The van der Waals surface area contributed by atoms with Crippen molar-refractivity contribution in [2.75, 3.05) is 0 Å². The average Bonchev–Trinajstić information content (AvgIpc) is 3.43. The van der Waals surface area contributed by atoms with E-state index in [0.29, 0.717) is 0 Å². The van der Waals surface area contributed by atoms with E-state index in [0.717, 1.165) is 28.4 Å². The summed E-state index contributed by atoms with van der Waals surface area (Å²) in [6.45, 7) is 0. The van der Waals surface area contributed by atoms with Crippen LogP contribution in [0, 0.1) is 0 Å². The van der Waals surface area contributed by atoms with Crippen molar-refractivity contribution in [3.05, 3.63) is 169 Å². The van der Waals surface area contributed by atoms with Crippen molar-refractivity contribution in [3.63, 3.8) is 0 Å². The second-order valence-corrected chi connectivity index (χ2v) is 11.7. The maximum Gasteiger partial charge on any atom is 0.136 e. The van der Waals surface area contributed by atoms with Crippen molar-refractivity contribution in [2.45, 2.75) is 6.42 Å². The zero-order valence-electron chi connectivity index (χ0n) is 24.1. The highest BCUT2D eigenvalue weighted by Crippen LogP contribution is 2.45. The van der Waals surface area contributed by atoms with E-state index >= 15 is 0 Å². The van der Waals surface area contributed by atoms with Crippen LogP contribution < -0.4 is 0 Å². The molecule has 1 aromatic heterocycles. The lowest BCUT2D eigenvalue weighted by atomic mass is 9.85. The Hall–Kier alpha value is -5.66. The van der Waals surface area contributed by atoms with Gasteiger partial charge >= 0.3 is 0 Å². The van der Waals surface area contributed by atoms with Crippen molar-refractivity contribution in [1.29, 1.82) is 0 Å². The van der Waals surface area contributed by atoms with E-state index < -0.39 is 0 Å². The molecular formula is C43H28O. The van der Waals surface area contributed by atoms with Gasteiger partial charge in [-0.1, -0.05) is 133 Å². The van der Waals surface area contributed by atoms with E-state index in [1.54, 1.807) is 0 Å². The molecule has 1 heteroatoms. The van der Waals surface area contributed by atoms with Crippen LogP contribution in [0.3, 0.4) is 0 Å². The number of fused-ring (bicyclic) bond motifs is 6. The van der Waals surface area contributed by atoms with Gasteiger partial charge in [-0.2, -0.15) is 0 Å². The van der Waals surface area contributed by atoms with Crippen LogP contribution in [0.5, 0.6) is 0 Å². The van der Waals surface area contributed by atoms with Crippen LogP contribution in [0.1, 0.15) is 11.1 Å². The van der Waals surface area contributed by atoms with Gasteiger partial charge in [0.15, 0.2) is 0 Å². The fourth-order valence-corrected chi connectivity index (χ4v) is 6.99. The van der Waals surface area contributed by atoms with Crippen LogP contribution in [0.15, 0.2) is 162 Å². The van der Waals surface area contributed by atoms with Gasteiger partial charge in [0.1, 0.15) is 11.2 Å². The molecule has 44 heavy (non-hydrogen) atoms. The highest BCUT2D eigenvalue weighted by Gasteiger charge is 2.18. The van der Waals surface area contributed by atoms with Gasteiger partial charge in [0, 0.05) is 10.8 Å². The second kappa shape index (κ2) is 9.97. The maximum atomic E-state index is 6.35. The fraction of sp³-hybridized carbons (Fsp3) is 0.0233. The molecule has 8 aromatic carbocycles. The van der Waals surface area contributed by atoms with Crippen LogP contribution in [0.2, 0.25) is 0 Å². The Bertz CT molecular complexity index is 2440. The molecule has 9 rings (SSSR count). The van der Waals surface area contributed by atoms with E-state index in [9.17, 15) is 0 Å². The Balaban J connectivity index is 1.25. The molecule has 0 aliphatic heterocycles. The standard InChI is InChI=1S/C43H28O/c1-2-10-28(11-3-1)24-29-18-20-30(21-19-29)42-34-14-6-8-16-36(34)43(37-17-9-7-15-35(37)42)33-22-23-40-38(26-33)39-25-31-12-4-5-13-32(31)27-41(39)44-40/h1-23,25-27H,24H2. The molecule has 0 unspecified atom stereocenters. The lowest BCUT2D eigenvalue weighted by molar-refractivity contribution is 0.669. The lowest BCUT2D eigenvalue weighted by Crippen LogP contribution is -1.92. The molecular weight excluding hydrogens is 532 g/mol. The monoisotopic (exact) mass is 560 g/mol. The molecule has 0 bridgehead atoms. The fourth-order valence-electron chi connectivity index (χ4n) is 6.99. The van der Waals surface area contributed by atoms with Crippen LogP contribution in [-0.2, 0) is 6.42 Å². The molecule has 0 amide bonds. The summed E-state index contributed by atoms with van der Waals surface area (Å²) in [5, 5.41) is 9.76. The summed E-state index contributed by atoms with van der Waals surface area (Å²) < 4.78 is 6.35. The minimum Gasteiger partial charge on any atom is -0.456 e. The largest absolute Gasteiger partial charge is 0.456 e. The van der Waals surface area contributed by atoms with Gasteiger partial charge < -0.3 is 4.42 Å². The second-order valence-electron chi connectivity index (χ2n) is 11.7. The molecule has 0 aliphatic carbocycles. The summed E-state index contributed by atoms with van der Waals surface area (Å²) in [5.74, 6) is 0. The van der Waals surface area contributed by atoms with Gasteiger partial charge in [0.2, 0.25) is 0 Å².